The standard InChI is InChI=1S/C31H35NO6/c1-18-28(31(34)38-21-9-5-6-10-21)29(22-11-7-8-12-25(22)35-2)30-23(32-18)15-20(16-24(30)33)19-13-14-26(36-3)27(17-19)37-4/h7-8,11-15,17,20-21,29-30,32H,5-6,9-10,16H2,1-4H3. The molecule has 0 saturated heterocycles. The third kappa shape index (κ3) is 4.77. The van der Waals surface area contributed by atoms with E-state index in [-0.39, 0.29) is 23.8 Å². The third-order valence-electron chi connectivity index (χ3n) is 7.97. The fourth-order valence-corrected chi connectivity index (χ4v) is 6.12. The fraction of sp³-hybridized carbons (Fsp3) is 0.419. The zero-order valence-electron chi connectivity index (χ0n) is 22.4. The monoisotopic (exact) mass is 517 g/mol. The number of methoxy groups -OCH3 is 3. The van der Waals surface area contributed by atoms with Crippen LogP contribution in [0.2, 0.25) is 0 Å². The number of nitrogens with one attached hydrogen (secondary N) is 1. The van der Waals surface area contributed by atoms with Crippen LogP contribution in [0.25, 0.3) is 0 Å². The van der Waals surface area contributed by atoms with Crippen LogP contribution in [0.5, 0.6) is 17.2 Å². The molecule has 0 radical (unpaired) electrons. The lowest BCUT2D eigenvalue weighted by atomic mass is 9.68. The Labute approximate surface area is 223 Å². The lowest BCUT2D eigenvalue weighted by Crippen LogP contribution is -2.42. The molecule has 0 bridgehead atoms. The van der Waals surface area contributed by atoms with Gasteiger partial charge in [0, 0.05) is 35.2 Å². The van der Waals surface area contributed by atoms with E-state index in [1.807, 2.05) is 49.4 Å². The van der Waals surface area contributed by atoms with E-state index in [1.165, 1.54) is 0 Å². The zero-order chi connectivity index (χ0) is 26.8. The van der Waals surface area contributed by atoms with Gasteiger partial charge in [-0.1, -0.05) is 30.3 Å². The third-order valence-corrected chi connectivity index (χ3v) is 7.97. The van der Waals surface area contributed by atoms with Gasteiger partial charge in [0.2, 0.25) is 0 Å². The number of allylic oxidation sites excluding steroid dienone is 3. The van der Waals surface area contributed by atoms with Crippen LogP contribution in [-0.2, 0) is 14.3 Å². The van der Waals surface area contributed by atoms with Crippen molar-refractivity contribution < 1.29 is 28.5 Å². The number of Topliss-reactive ketones (excluding diaryl/α,β-unsaturated/α-hetero) is 1. The summed E-state index contributed by atoms with van der Waals surface area (Å²) in [5, 5.41) is 3.42. The largest absolute Gasteiger partial charge is 0.496 e. The molecule has 7 nitrogen and oxygen atoms in total. The smallest absolute Gasteiger partial charge is 0.336 e. The number of para-hydroxylation sites is 1. The van der Waals surface area contributed by atoms with E-state index < -0.39 is 11.8 Å². The predicted octanol–water partition coefficient (Wildman–Crippen LogP) is 5.42. The van der Waals surface area contributed by atoms with E-state index in [4.69, 9.17) is 18.9 Å². The van der Waals surface area contributed by atoms with Crippen molar-refractivity contribution >= 4 is 11.8 Å². The number of carbonyl (C=O) groups excluding carboxylic acids is 2. The van der Waals surface area contributed by atoms with Gasteiger partial charge in [-0.15, -0.1) is 0 Å². The van der Waals surface area contributed by atoms with E-state index in [1.54, 1.807) is 21.3 Å². The van der Waals surface area contributed by atoms with Crippen LogP contribution >= 0.6 is 0 Å². The van der Waals surface area contributed by atoms with Gasteiger partial charge >= 0.3 is 5.97 Å². The van der Waals surface area contributed by atoms with Gasteiger partial charge in [0.1, 0.15) is 17.6 Å². The topological polar surface area (TPSA) is 83.1 Å². The van der Waals surface area contributed by atoms with Crippen molar-refractivity contribution in [1.29, 1.82) is 0 Å². The first-order chi connectivity index (χ1) is 18.4. The minimum absolute atomic E-state index is 0.0596. The van der Waals surface area contributed by atoms with Crippen LogP contribution in [0.4, 0.5) is 0 Å². The SMILES string of the molecule is COc1ccc(C2C=C3NC(C)=C(C(=O)OC4CCCC4)C(c4ccccc4OC)C3C(=O)C2)cc1OC. The molecule has 1 heterocycles. The van der Waals surface area contributed by atoms with Crippen LogP contribution in [0.15, 0.2) is 65.5 Å². The number of fused-ring (bicyclic) bond motifs is 1. The molecule has 0 spiro atoms. The Balaban J connectivity index is 1.58. The lowest BCUT2D eigenvalue weighted by molar-refractivity contribution is -0.144. The zero-order valence-corrected chi connectivity index (χ0v) is 22.4. The van der Waals surface area contributed by atoms with Crippen molar-refractivity contribution in [2.75, 3.05) is 21.3 Å². The minimum atomic E-state index is -0.544. The average Bonchev–Trinajstić information content (AvgIpc) is 3.44. The normalized spacial score (nSPS) is 23.3. The Morgan fingerprint density at radius 3 is 2.32 bits per heavy atom. The Morgan fingerprint density at radius 2 is 1.61 bits per heavy atom. The molecule has 1 fully saturated rings. The van der Waals surface area contributed by atoms with Gasteiger partial charge in [-0.3, -0.25) is 4.79 Å². The second kappa shape index (κ2) is 10.9. The van der Waals surface area contributed by atoms with Crippen molar-refractivity contribution in [2.24, 2.45) is 5.92 Å². The number of carbonyl (C=O) groups is 2. The maximum absolute atomic E-state index is 13.9. The predicted molar refractivity (Wildman–Crippen MR) is 143 cm³/mol. The Bertz CT molecular complexity index is 1290. The minimum Gasteiger partial charge on any atom is -0.496 e. The fourth-order valence-electron chi connectivity index (χ4n) is 6.12. The first kappa shape index (κ1) is 25.9. The number of ether oxygens (including phenoxy) is 4. The van der Waals surface area contributed by atoms with E-state index >= 15 is 0 Å². The number of hydrogen-bond donors (Lipinski definition) is 1. The summed E-state index contributed by atoms with van der Waals surface area (Å²) in [7, 11) is 4.81. The van der Waals surface area contributed by atoms with Crippen LogP contribution in [0, 0.1) is 5.92 Å². The van der Waals surface area contributed by atoms with E-state index in [0.29, 0.717) is 34.9 Å². The summed E-state index contributed by atoms with van der Waals surface area (Å²) in [6.45, 7) is 1.88. The van der Waals surface area contributed by atoms with Gasteiger partial charge in [-0.2, -0.15) is 0 Å². The molecule has 38 heavy (non-hydrogen) atoms. The molecule has 3 aliphatic rings. The van der Waals surface area contributed by atoms with Crippen molar-refractivity contribution in [3.63, 3.8) is 0 Å². The summed E-state index contributed by atoms with van der Waals surface area (Å²) in [6.07, 6.45) is 6.23. The van der Waals surface area contributed by atoms with Crippen LogP contribution < -0.4 is 19.5 Å². The molecule has 200 valence electrons. The highest BCUT2D eigenvalue weighted by atomic mass is 16.5. The molecule has 3 unspecified atom stereocenters. The first-order valence-corrected chi connectivity index (χ1v) is 13.2. The van der Waals surface area contributed by atoms with Crippen molar-refractivity contribution in [2.45, 2.75) is 57.0 Å². The summed E-state index contributed by atoms with van der Waals surface area (Å²) in [5.74, 6) is 0.418. The van der Waals surface area contributed by atoms with Crippen molar-refractivity contribution in [1.82, 2.24) is 5.32 Å². The number of rotatable bonds is 7. The van der Waals surface area contributed by atoms with E-state index in [9.17, 15) is 9.59 Å². The maximum atomic E-state index is 13.9. The van der Waals surface area contributed by atoms with Gasteiger partial charge in [0.05, 0.1) is 32.8 Å². The molecule has 0 aromatic heterocycles. The van der Waals surface area contributed by atoms with Gasteiger partial charge in [-0.25, -0.2) is 4.79 Å². The Hall–Kier alpha value is -3.74. The summed E-state index contributed by atoms with van der Waals surface area (Å²) in [6, 6.07) is 13.4. The molecule has 1 N–H and O–H groups in total. The lowest BCUT2D eigenvalue weighted by Gasteiger charge is -2.40. The second-order valence-electron chi connectivity index (χ2n) is 10.2. The summed E-state index contributed by atoms with van der Waals surface area (Å²) in [4.78, 5) is 27.6. The molecule has 2 aromatic carbocycles. The maximum Gasteiger partial charge on any atom is 0.336 e. The summed E-state index contributed by atoms with van der Waals surface area (Å²) in [5.41, 5.74) is 3.77. The molecule has 3 atom stereocenters. The van der Waals surface area contributed by atoms with Gasteiger partial charge in [0.25, 0.3) is 0 Å². The Morgan fingerprint density at radius 1 is 0.895 bits per heavy atom. The van der Waals surface area contributed by atoms with Crippen molar-refractivity contribution in [3.8, 4) is 17.2 Å². The van der Waals surface area contributed by atoms with E-state index in [2.05, 4.69) is 11.4 Å². The van der Waals surface area contributed by atoms with Gasteiger partial charge < -0.3 is 24.3 Å². The van der Waals surface area contributed by atoms with Gasteiger partial charge in [0.15, 0.2) is 11.5 Å². The van der Waals surface area contributed by atoms with Crippen LogP contribution in [-0.4, -0.2) is 39.2 Å². The number of benzene rings is 2. The second-order valence-corrected chi connectivity index (χ2v) is 10.2. The molecule has 5 rings (SSSR count). The number of ketones is 1. The molecule has 1 saturated carbocycles. The number of esters is 1. The highest BCUT2D eigenvalue weighted by molar-refractivity contribution is 5.96. The van der Waals surface area contributed by atoms with E-state index in [0.717, 1.165) is 42.5 Å². The molecule has 1 aliphatic heterocycles. The molecular weight excluding hydrogens is 482 g/mol. The van der Waals surface area contributed by atoms with Gasteiger partial charge in [-0.05, 0) is 56.4 Å². The quantitative estimate of drug-likeness (QED) is 0.491. The van der Waals surface area contributed by atoms with Crippen LogP contribution in [0.3, 0.4) is 0 Å². The molecule has 0 amide bonds. The van der Waals surface area contributed by atoms with Crippen molar-refractivity contribution in [3.05, 3.63) is 76.6 Å². The summed E-state index contributed by atoms with van der Waals surface area (Å²) < 4.78 is 22.5. The highest BCUT2D eigenvalue weighted by Crippen LogP contribution is 2.49. The molecular formula is C31H35NO6. The first-order valence-electron chi connectivity index (χ1n) is 13.2. The highest BCUT2D eigenvalue weighted by Gasteiger charge is 2.46. The Kier molecular flexibility index (Phi) is 7.45. The molecule has 2 aromatic rings. The van der Waals surface area contributed by atoms with Crippen LogP contribution in [0.1, 0.15) is 62.0 Å². The summed E-state index contributed by atoms with van der Waals surface area (Å²) >= 11 is 0. The number of hydrogen-bond acceptors (Lipinski definition) is 7. The molecule has 2 aliphatic carbocycles. The molecule has 7 heteroatoms. The average molecular weight is 518 g/mol.